The first kappa shape index (κ1) is 9.13. The molecule has 72 valence electrons. The minimum atomic E-state index is -0.236. The smallest absolute Gasteiger partial charge is 0.149 e. The molecule has 1 aromatic carbocycles. The van der Waals surface area contributed by atoms with Crippen LogP contribution < -0.4 is 0 Å². The van der Waals surface area contributed by atoms with E-state index in [1.165, 1.54) is 6.07 Å². The molecule has 1 nitrogen and oxygen atoms in total. The van der Waals surface area contributed by atoms with E-state index in [2.05, 4.69) is 11.9 Å². The number of para-hydroxylation sites is 1. The van der Waals surface area contributed by atoms with Gasteiger partial charge in [-0.1, -0.05) is 31.5 Å². The van der Waals surface area contributed by atoms with Gasteiger partial charge in [-0.15, -0.1) is 0 Å². The van der Waals surface area contributed by atoms with Crippen LogP contribution in [0.4, 0.5) is 4.39 Å². The van der Waals surface area contributed by atoms with Crippen LogP contribution in [0, 0.1) is 5.82 Å². The molecule has 0 aliphatic heterocycles. The lowest BCUT2D eigenvalue weighted by Gasteiger charge is -2.01. The molecule has 0 N–H and O–H groups in total. The highest BCUT2D eigenvalue weighted by atomic mass is 19.1. The summed E-state index contributed by atoms with van der Waals surface area (Å²) in [5, 5.41) is 0.866. The quantitative estimate of drug-likeness (QED) is 0.706. The van der Waals surface area contributed by atoms with Gasteiger partial charge >= 0.3 is 0 Å². The first-order valence-electron chi connectivity index (χ1n) is 4.85. The molecule has 2 rings (SSSR count). The zero-order valence-electron chi connectivity index (χ0n) is 8.13. The Bertz CT molecular complexity index is 451. The van der Waals surface area contributed by atoms with Crippen molar-refractivity contribution in [3.05, 3.63) is 41.8 Å². The third-order valence-corrected chi connectivity index (χ3v) is 2.23. The molecule has 14 heavy (non-hydrogen) atoms. The monoisotopic (exact) mass is 189 g/mol. The fourth-order valence-electron chi connectivity index (χ4n) is 1.55. The summed E-state index contributed by atoms with van der Waals surface area (Å²) in [6, 6.07) is 8.92. The van der Waals surface area contributed by atoms with Gasteiger partial charge in [-0.05, 0) is 18.6 Å². The predicted octanol–water partition coefficient (Wildman–Crippen LogP) is 3.33. The number of rotatable bonds is 2. The predicted molar refractivity (Wildman–Crippen MR) is 55.7 cm³/mol. The molecule has 0 unspecified atom stereocenters. The van der Waals surface area contributed by atoms with E-state index in [1.807, 2.05) is 18.2 Å². The van der Waals surface area contributed by atoms with Gasteiger partial charge in [-0.3, -0.25) is 0 Å². The van der Waals surface area contributed by atoms with Crippen molar-refractivity contribution < 1.29 is 4.39 Å². The second kappa shape index (κ2) is 3.74. The van der Waals surface area contributed by atoms with Crippen LogP contribution in [0.5, 0.6) is 0 Å². The van der Waals surface area contributed by atoms with Crippen LogP contribution in [-0.2, 0) is 6.42 Å². The van der Waals surface area contributed by atoms with Gasteiger partial charge in [-0.2, -0.15) is 0 Å². The van der Waals surface area contributed by atoms with E-state index >= 15 is 0 Å². The lowest BCUT2D eigenvalue weighted by molar-refractivity contribution is 0.636. The number of aromatic nitrogens is 1. The Morgan fingerprint density at radius 3 is 2.86 bits per heavy atom. The summed E-state index contributed by atoms with van der Waals surface area (Å²) in [5.41, 5.74) is 1.45. The maximum atomic E-state index is 13.3. The molecule has 0 spiro atoms. The number of fused-ring (bicyclic) bond motifs is 1. The topological polar surface area (TPSA) is 12.9 Å². The van der Waals surface area contributed by atoms with Crippen LogP contribution in [0.3, 0.4) is 0 Å². The molecule has 1 heterocycles. The van der Waals surface area contributed by atoms with Crippen LogP contribution in [0.25, 0.3) is 10.9 Å². The van der Waals surface area contributed by atoms with Crippen molar-refractivity contribution in [2.24, 2.45) is 0 Å². The average molecular weight is 189 g/mol. The normalized spacial score (nSPS) is 10.7. The Morgan fingerprint density at radius 2 is 2.07 bits per heavy atom. The van der Waals surface area contributed by atoms with Crippen molar-refractivity contribution in [2.75, 3.05) is 0 Å². The van der Waals surface area contributed by atoms with E-state index in [4.69, 9.17) is 0 Å². The molecule has 1 aromatic heterocycles. The molecular formula is C12H12FN. The molecule has 0 atom stereocenters. The summed E-state index contributed by atoms with van der Waals surface area (Å²) in [7, 11) is 0. The van der Waals surface area contributed by atoms with Gasteiger partial charge in [0.2, 0.25) is 0 Å². The fraction of sp³-hybridized carbons (Fsp3) is 0.250. The standard InChI is InChI=1S/C12H12FN/c1-2-4-10-8-7-9-5-3-6-11(13)12(9)14-10/h3,5-8H,2,4H2,1H3. The molecule has 0 amide bonds. The average Bonchev–Trinajstić information content (AvgIpc) is 2.20. The molecular weight excluding hydrogens is 177 g/mol. The van der Waals surface area contributed by atoms with E-state index < -0.39 is 0 Å². The van der Waals surface area contributed by atoms with Crippen molar-refractivity contribution in [3.8, 4) is 0 Å². The second-order valence-electron chi connectivity index (χ2n) is 3.36. The molecule has 0 aliphatic rings. The highest BCUT2D eigenvalue weighted by Crippen LogP contribution is 2.16. The van der Waals surface area contributed by atoms with Gasteiger partial charge in [0.25, 0.3) is 0 Å². The summed E-state index contributed by atoms with van der Waals surface area (Å²) in [6.07, 6.45) is 1.94. The minimum absolute atomic E-state index is 0.236. The van der Waals surface area contributed by atoms with Crippen molar-refractivity contribution in [1.29, 1.82) is 0 Å². The first-order valence-corrected chi connectivity index (χ1v) is 4.85. The van der Waals surface area contributed by atoms with Gasteiger partial charge < -0.3 is 0 Å². The van der Waals surface area contributed by atoms with Crippen LogP contribution in [0.1, 0.15) is 19.0 Å². The molecule has 0 bridgehead atoms. The van der Waals surface area contributed by atoms with E-state index in [0.717, 1.165) is 23.9 Å². The number of nitrogens with zero attached hydrogens (tertiary/aromatic N) is 1. The van der Waals surface area contributed by atoms with Gasteiger partial charge in [0.15, 0.2) is 0 Å². The lowest BCUT2D eigenvalue weighted by atomic mass is 10.1. The molecule has 0 radical (unpaired) electrons. The first-order chi connectivity index (χ1) is 6.81. The van der Waals surface area contributed by atoms with E-state index in [9.17, 15) is 4.39 Å². The van der Waals surface area contributed by atoms with Gasteiger partial charge in [0.1, 0.15) is 11.3 Å². The van der Waals surface area contributed by atoms with Gasteiger partial charge in [0, 0.05) is 11.1 Å². The van der Waals surface area contributed by atoms with Crippen LogP contribution >= 0.6 is 0 Å². The Morgan fingerprint density at radius 1 is 1.21 bits per heavy atom. The summed E-state index contributed by atoms with van der Waals surface area (Å²) in [5.74, 6) is -0.236. The number of benzene rings is 1. The zero-order valence-corrected chi connectivity index (χ0v) is 8.13. The third-order valence-electron chi connectivity index (χ3n) is 2.23. The number of aryl methyl sites for hydroxylation is 1. The van der Waals surface area contributed by atoms with Crippen LogP contribution in [0.2, 0.25) is 0 Å². The van der Waals surface area contributed by atoms with Crippen LogP contribution in [0.15, 0.2) is 30.3 Å². The molecule has 0 fully saturated rings. The Hall–Kier alpha value is -1.44. The minimum Gasteiger partial charge on any atom is -0.250 e. The van der Waals surface area contributed by atoms with Crippen molar-refractivity contribution in [2.45, 2.75) is 19.8 Å². The number of pyridine rings is 1. The Kier molecular flexibility index (Phi) is 2.44. The highest BCUT2D eigenvalue weighted by molar-refractivity contribution is 5.79. The summed E-state index contributed by atoms with van der Waals surface area (Å²) in [4.78, 5) is 4.29. The zero-order chi connectivity index (χ0) is 9.97. The highest BCUT2D eigenvalue weighted by Gasteiger charge is 2.02. The number of hydrogen-bond donors (Lipinski definition) is 0. The molecule has 0 saturated carbocycles. The largest absolute Gasteiger partial charge is 0.250 e. The van der Waals surface area contributed by atoms with Gasteiger partial charge in [0.05, 0.1) is 0 Å². The van der Waals surface area contributed by atoms with Crippen LogP contribution in [-0.4, -0.2) is 4.98 Å². The molecule has 0 aliphatic carbocycles. The van der Waals surface area contributed by atoms with E-state index in [1.54, 1.807) is 6.07 Å². The maximum absolute atomic E-state index is 13.3. The van der Waals surface area contributed by atoms with Crippen molar-refractivity contribution in [3.63, 3.8) is 0 Å². The molecule has 2 heteroatoms. The lowest BCUT2D eigenvalue weighted by Crippen LogP contribution is -1.91. The Balaban J connectivity index is 2.58. The maximum Gasteiger partial charge on any atom is 0.149 e. The number of halogens is 1. The summed E-state index contributed by atoms with van der Waals surface area (Å²) < 4.78 is 13.3. The second-order valence-corrected chi connectivity index (χ2v) is 3.36. The molecule has 2 aromatic rings. The number of hydrogen-bond acceptors (Lipinski definition) is 1. The SMILES string of the molecule is CCCc1ccc2cccc(F)c2n1. The third kappa shape index (κ3) is 1.60. The van der Waals surface area contributed by atoms with E-state index in [-0.39, 0.29) is 5.82 Å². The summed E-state index contributed by atoms with van der Waals surface area (Å²) >= 11 is 0. The van der Waals surface area contributed by atoms with E-state index in [0.29, 0.717) is 5.52 Å². The molecule has 0 saturated heterocycles. The van der Waals surface area contributed by atoms with Crippen molar-refractivity contribution in [1.82, 2.24) is 4.98 Å². The van der Waals surface area contributed by atoms with Crippen molar-refractivity contribution >= 4 is 10.9 Å². The summed E-state index contributed by atoms with van der Waals surface area (Å²) in [6.45, 7) is 2.09. The fourth-order valence-corrected chi connectivity index (χ4v) is 1.55. The Labute approximate surface area is 82.6 Å². The van der Waals surface area contributed by atoms with Gasteiger partial charge in [-0.25, -0.2) is 9.37 Å².